The first-order chi connectivity index (χ1) is 14.1. The molecule has 0 fully saturated rings. The summed E-state index contributed by atoms with van der Waals surface area (Å²) in [5.41, 5.74) is 1.26. The highest BCUT2D eigenvalue weighted by Gasteiger charge is 2.25. The van der Waals surface area contributed by atoms with E-state index in [9.17, 15) is 9.59 Å². The van der Waals surface area contributed by atoms with Crippen LogP contribution in [-0.2, 0) is 9.47 Å². The Bertz CT molecular complexity index is 1060. The molecular weight excluding hydrogens is 394 g/mol. The van der Waals surface area contributed by atoms with Gasteiger partial charge < -0.3 is 14.7 Å². The van der Waals surface area contributed by atoms with Crippen molar-refractivity contribution in [3.63, 3.8) is 0 Å². The highest BCUT2D eigenvalue weighted by atomic mass is 32.2. The molecule has 0 aliphatic heterocycles. The molecule has 0 aliphatic rings. The highest BCUT2D eigenvalue weighted by molar-refractivity contribution is 7.99. The second kappa shape index (κ2) is 9.07. The van der Waals surface area contributed by atoms with Gasteiger partial charge in [0.2, 0.25) is 0 Å². The zero-order valence-corrected chi connectivity index (χ0v) is 16.4. The number of carbonyl (C=O) groups is 2. The van der Waals surface area contributed by atoms with Crippen LogP contribution in [0, 0.1) is 0 Å². The van der Waals surface area contributed by atoms with E-state index >= 15 is 0 Å². The van der Waals surface area contributed by atoms with Crippen molar-refractivity contribution in [1.82, 2.24) is 9.78 Å². The first kappa shape index (κ1) is 20.2. The zero-order chi connectivity index (χ0) is 20.8. The first-order valence-corrected chi connectivity index (χ1v) is 9.21. The van der Waals surface area contributed by atoms with Gasteiger partial charge in [0.05, 0.1) is 37.2 Å². The predicted molar refractivity (Wildman–Crippen MR) is 106 cm³/mol. The van der Waals surface area contributed by atoms with Crippen LogP contribution in [-0.4, -0.2) is 47.4 Å². The molecule has 1 aromatic heterocycles. The zero-order valence-electron chi connectivity index (χ0n) is 15.6. The Kier molecular flexibility index (Phi) is 6.30. The van der Waals surface area contributed by atoms with Gasteiger partial charge in [0, 0.05) is 4.90 Å². The van der Waals surface area contributed by atoms with Crippen molar-refractivity contribution in [3.05, 3.63) is 71.4 Å². The SMILES string of the molecule is COC(=O)c1ccccc1Sc1c(C=NO)c(C(=O)OC)nn1-c1ccccc1. The molecule has 3 aromatic rings. The lowest BCUT2D eigenvalue weighted by molar-refractivity contribution is 0.0586. The molecule has 8 nitrogen and oxygen atoms in total. The molecule has 1 heterocycles. The summed E-state index contributed by atoms with van der Waals surface area (Å²) in [6, 6.07) is 16.0. The van der Waals surface area contributed by atoms with E-state index in [1.807, 2.05) is 30.3 Å². The summed E-state index contributed by atoms with van der Waals surface area (Å²) in [6.45, 7) is 0. The summed E-state index contributed by atoms with van der Waals surface area (Å²) in [5, 5.41) is 17.0. The smallest absolute Gasteiger partial charge is 0.359 e. The lowest BCUT2D eigenvalue weighted by Crippen LogP contribution is -2.06. The minimum atomic E-state index is -0.683. The van der Waals surface area contributed by atoms with Gasteiger partial charge in [-0.15, -0.1) is 0 Å². The number of esters is 2. The van der Waals surface area contributed by atoms with Crippen LogP contribution in [0.5, 0.6) is 0 Å². The topological polar surface area (TPSA) is 103 Å². The number of methoxy groups -OCH3 is 2. The number of nitrogens with zero attached hydrogens (tertiary/aromatic N) is 3. The van der Waals surface area contributed by atoms with Gasteiger partial charge >= 0.3 is 11.9 Å². The first-order valence-electron chi connectivity index (χ1n) is 8.40. The van der Waals surface area contributed by atoms with Crippen molar-refractivity contribution in [2.24, 2.45) is 5.16 Å². The third-order valence-electron chi connectivity index (χ3n) is 3.94. The van der Waals surface area contributed by atoms with Crippen molar-refractivity contribution in [2.45, 2.75) is 9.92 Å². The summed E-state index contributed by atoms with van der Waals surface area (Å²) < 4.78 is 11.2. The minimum Gasteiger partial charge on any atom is -0.465 e. The predicted octanol–water partition coefficient (Wildman–Crippen LogP) is 3.40. The van der Waals surface area contributed by atoms with E-state index in [1.54, 1.807) is 24.3 Å². The van der Waals surface area contributed by atoms with Gasteiger partial charge in [-0.2, -0.15) is 5.10 Å². The van der Waals surface area contributed by atoms with Crippen molar-refractivity contribution in [1.29, 1.82) is 0 Å². The number of aromatic nitrogens is 2. The number of ether oxygens (including phenoxy) is 2. The molecule has 0 unspecified atom stereocenters. The Morgan fingerprint density at radius 2 is 1.69 bits per heavy atom. The van der Waals surface area contributed by atoms with E-state index in [0.717, 1.165) is 6.21 Å². The van der Waals surface area contributed by atoms with Crippen LogP contribution in [0.3, 0.4) is 0 Å². The molecule has 1 N–H and O–H groups in total. The number of hydrogen-bond donors (Lipinski definition) is 1. The molecule has 0 spiro atoms. The van der Waals surface area contributed by atoms with Gasteiger partial charge in [0.15, 0.2) is 5.69 Å². The molecule has 0 saturated carbocycles. The fourth-order valence-corrected chi connectivity index (χ4v) is 3.73. The molecule has 29 heavy (non-hydrogen) atoms. The number of benzene rings is 2. The fourth-order valence-electron chi connectivity index (χ4n) is 2.62. The molecule has 0 bridgehead atoms. The lowest BCUT2D eigenvalue weighted by atomic mass is 10.2. The number of para-hydroxylation sites is 1. The largest absolute Gasteiger partial charge is 0.465 e. The summed E-state index contributed by atoms with van der Waals surface area (Å²) in [7, 11) is 2.54. The molecule has 0 aliphatic carbocycles. The van der Waals surface area contributed by atoms with E-state index in [2.05, 4.69) is 10.3 Å². The van der Waals surface area contributed by atoms with Gasteiger partial charge in [0.1, 0.15) is 5.03 Å². The third-order valence-corrected chi connectivity index (χ3v) is 5.11. The maximum atomic E-state index is 12.3. The van der Waals surface area contributed by atoms with E-state index in [1.165, 1.54) is 30.7 Å². The standard InChI is InChI=1S/C20H17N3O5S/c1-27-19(24)14-10-6-7-11-16(14)29-18-15(12-21-26)17(20(25)28-2)22-23(18)13-8-4-3-5-9-13/h3-12,26H,1-2H3. The van der Waals surface area contributed by atoms with E-state index in [0.29, 0.717) is 21.2 Å². The lowest BCUT2D eigenvalue weighted by Gasteiger charge is -2.10. The third kappa shape index (κ3) is 4.14. The van der Waals surface area contributed by atoms with Crippen LogP contribution < -0.4 is 0 Å². The van der Waals surface area contributed by atoms with Crippen LogP contribution in [0.15, 0.2) is 69.7 Å². The van der Waals surface area contributed by atoms with Crippen molar-refractivity contribution in [2.75, 3.05) is 14.2 Å². The average molecular weight is 411 g/mol. The Balaban J connectivity index is 2.23. The molecule has 3 rings (SSSR count). The number of hydrogen-bond acceptors (Lipinski definition) is 8. The molecule has 2 aromatic carbocycles. The van der Waals surface area contributed by atoms with Gasteiger partial charge in [0.25, 0.3) is 0 Å². The molecule has 0 saturated heterocycles. The summed E-state index contributed by atoms with van der Waals surface area (Å²) in [5.74, 6) is -1.18. The van der Waals surface area contributed by atoms with E-state index in [-0.39, 0.29) is 11.3 Å². The van der Waals surface area contributed by atoms with Crippen molar-refractivity contribution >= 4 is 29.9 Å². The molecule has 0 radical (unpaired) electrons. The summed E-state index contributed by atoms with van der Waals surface area (Å²) >= 11 is 1.18. The molecular formula is C20H17N3O5S. The second-order valence-corrected chi connectivity index (χ2v) is 6.67. The Morgan fingerprint density at radius 1 is 1.03 bits per heavy atom. The van der Waals surface area contributed by atoms with Crippen molar-refractivity contribution < 1.29 is 24.3 Å². The maximum Gasteiger partial charge on any atom is 0.359 e. The normalized spacial score (nSPS) is 10.8. The van der Waals surface area contributed by atoms with Crippen LogP contribution in [0.1, 0.15) is 26.4 Å². The monoisotopic (exact) mass is 411 g/mol. The molecule has 148 valence electrons. The highest BCUT2D eigenvalue weighted by Crippen LogP contribution is 2.35. The quantitative estimate of drug-likeness (QED) is 0.287. The van der Waals surface area contributed by atoms with Gasteiger partial charge in [-0.3, -0.25) is 0 Å². The minimum absolute atomic E-state index is 0.0211. The average Bonchev–Trinajstić information content (AvgIpc) is 3.12. The number of oxime groups is 1. The van der Waals surface area contributed by atoms with Gasteiger partial charge in [-0.05, 0) is 24.3 Å². The van der Waals surface area contributed by atoms with Crippen LogP contribution in [0.4, 0.5) is 0 Å². The van der Waals surface area contributed by atoms with Gasteiger partial charge in [-0.1, -0.05) is 47.2 Å². The maximum absolute atomic E-state index is 12.3. The number of rotatable bonds is 6. The Hall–Kier alpha value is -3.59. The fraction of sp³-hybridized carbons (Fsp3) is 0.100. The van der Waals surface area contributed by atoms with Crippen LogP contribution >= 0.6 is 11.8 Å². The van der Waals surface area contributed by atoms with E-state index in [4.69, 9.17) is 14.7 Å². The Morgan fingerprint density at radius 3 is 2.34 bits per heavy atom. The van der Waals surface area contributed by atoms with E-state index < -0.39 is 11.9 Å². The number of carbonyl (C=O) groups excluding carboxylic acids is 2. The molecule has 0 amide bonds. The summed E-state index contributed by atoms with van der Waals surface area (Å²) in [6.07, 6.45) is 1.11. The van der Waals surface area contributed by atoms with Crippen molar-refractivity contribution in [3.8, 4) is 5.69 Å². The second-order valence-electron chi connectivity index (χ2n) is 5.64. The van der Waals surface area contributed by atoms with Crippen LogP contribution in [0.25, 0.3) is 5.69 Å². The molecule has 0 atom stereocenters. The summed E-state index contributed by atoms with van der Waals surface area (Å²) in [4.78, 5) is 25.0. The Labute approximate surface area is 170 Å². The van der Waals surface area contributed by atoms with Gasteiger partial charge in [-0.25, -0.2) is 14.3 Å². The van der Waals surface area contributed by atoms with Crippen LogP contribution in [0.2, 0.25) is 0 Å². The molecule has 9 heteroatoms.